The van der Waals surface area contributed by atoms with Crippen LogP contribution >= 0.6 is 0 Å². The van der Waals surface area contributed by atoms with E-state index in [1.807, 2.05) is 12.1 Å². The highest BCUT2D eigenvalue weighted by Crippen LogP contribution is 2.23. The first-order chi connectivity index (χ1) is 11.6. The van der Waals surface area contributed by atoms with Crippen molar-refractivity contribution in [2.75, 3.05) is 0 Å². The Morgan fingerprint density at radius 1 is 0.875 bits per heavy atom. The Morgan fingerprint density at radius 3 is 2.38 bits per heavy atom. The van der Waals surface area contributed by atoms with Crippen molar-refractivity contribution >= 4 is 17.0 Å². The average Bonchev–Trinajstić information content (AvgIpc) is 2.82. The third-order valence-corrected chi connectivity index (χ3v) is 4.34. The van der Waals surface area contributed by atoms with Gasteiger partial charge in [-0.2, -0.15) is 0 Å². The molecule has 24 heavy (non-hydrogen) atoms. The Hall–Kier alpha value is -2.67. The number of rotatable bonds is 3. The minimum absolute atomic E-state index is 0.990. The van der Waals surface area contributed by atoms with E-state index in [9.17, 15) is 0 Å². The SMILES string of the molecule is CC1=CCC=C(c2ccc(C(C)=Nc3ccccc3C)cc2)C=C1. The van der Waals surface area contributed by atoms with E-state index in [4.69, 9.17) is 4.99 Å². The van der Waals surface area contributed by atoms with Crippen LogP contribution in [0.5, 0.6) is 0 Å². The summed E-state index contributed by atoms with van der Waals surface area (Å²) in [6, 6.07) is 16.9. The molecule has 2 aromatic carbocycles. The van der Waals surface area contributed by atoms with Gasteiger partial charge in [-0.15, -0.1) is 0 Å². The standard InChI is InChI=1S/C23H23N/c1-17-7-6-9-21(12-11-17)22-15-13-20(14-16-22)19(3)24-23-10-5-4-8-18(23)2/h4-5,7-16H,6H2,1-3H3. The molecule has 120 valence electrons. The van der Waals surface area contributed by atoms with Crippen LogP contribution < -0.4 is 0 Å². The van der Waals surface area contributed by atoms with Gasteiger partial charge in [0.15, 0.2) is 0 Å². The van der Waals surface area contributed by atoms with Gasteiger partial charge in [0.1, 0.15) is 0 Å². The smallest absolute Gasteiger partial charge is 0.0662 e. The summed E-state index contributed by atoms with van der Waals surface area (Å²) in [7, 11) is 0. The number of benzene rings is 2. The van der Waals surface area contributed by atoms with Crippen molar-refractivity contribution in [3.63, 3.8) is 0 Å². The van der Waals surface area contributed by atoms with Gasteiger partial charge in [0, 0.05) is 5.71 Å². The van der Waals surface area contributed by atoms with Crippen molar-refractivity contribution in [1.29, 1.82) is 0 Å². The number of hydrogen-bond acceptors (Lipinski definition) is 1. The van der Waals surface area contributed by atoms with Crippen LogP contribution in [-0.4, -0.2) is 5.71 Å². The molecule has 0 spiro atoms. The van der Waals surface area contributed by atoms with E-state index >= 15 is 0 Å². The second-order valence-corrected chi connectivity index (χ2v) is 6.24. The summed E-state index contributed by atoms with van der Waals surface area (Å²) in [4.78, 5) is 4.78. The Morgan fingerprint density at radius 2 is 1.62 bits per heavy atom. The van der Waals surface area contributed by atoms with Crippen LogP contribution in [0.4, 0.5) is 5.69 Å². The molecule has 0 saturated carbocycles. The summed E-state index contributed by atoms with van der Waals surface area (Å²) in [6.45, 7) is 6.30. The molecule has 0 N–H and O–H groups in total. The molecule has 0 unspecified atom stereocenters. The van der Waals surface area contributed by atoms with Gasteiger partial charge in [-0.25, -0.2) is 0 Å². The molecule has 1 aliphatic carbocycles. The summed E-state index contributed by atoms with van der Waals surface area (Å²) >= 11 is 0. The number of hydrogen-bond donors (Lipinski definition) is 0. The van der Waals surface area contributed by atoms with Crippen molar-refractivity contribution in [2.24, 2.45) is 4.99 Å². The van der Waals surface area contributed by atoms with Gasteiger partial charge >= 0.3 is 0 Å². The maximum absolute atomic E-state index is 4.78. The van der Waals surface area contributed by atoms with E-state index in [2.05, 4.69) is 81.5 Å². The second kappa shape index (κ2) is 7.27. The zero-order valence-electron chi connectivity index (χ0n) is 14.6. The molecular weight excluding hydrogens is 290 g/mol. The second-order valence-electron chi connectivity index (χ2n) is 6.24. The highest BCUT2D eigenvalue weighted by molar-refractivity contribution is 6.00. The van der Waals surface area contributed by atoms with Crippen LogP contribution in [-0.2, 0) is 0 Å². The van der Waals surface area contributed by atoms with E-state index in [0.29, 0.717) is 0 Å². The van der Waals surface area contributed by atoms with E-state index < -0.39 is 0 Å². The Labute approximate surface area is 144 Å². The van der Waals surface area contributed by atoms with E-state index in [1.165, 1.54) is 22.3 Å². The molecule has 0 saturated heterocycles. The monoisotopic (exact) mass is 313 g/mol. The van der Waals surface area contributed by atoms with Gasteiger partial charge in [0.05, 0.1) is 5.69 Å². The van der Waals surface area contributed by atoms with Gasteiger partial charge in [0.2, 0.25) is 0 Å². The fourth-order valence-electron chi connectivity index (χ4n) is 2.78. The maximum atomic E-state index is 4.78. The minimum Gasteiger partial charge on any atom is -0.253 e. The molecule has 0 heterocycles. The predicted octanol–water partition coefficient (Wildman–Crippen LogP) is 6.43. The van der Waals surface area contributed by atoms with Gasteiger partial charge in [-0.3, -0.25) is 4.99 Å². The maximum Gasteiger partial charge on any atom is 0.0662 e. The quantitative estimate of drug-likeness (QED) is 0.579. The highest BCUT2D eigenvalue weighted by atomic mass is 14.7. The number of aryl methyl sites for hydroxylation is 1. The zero-order valence-corrected chi connectivity index (χ0v) is 14.6. The number of nitrogens with zero attached hydrogens (tertiary/aromatic N) is 1. The lowest BCUT2D eigenvalue weighted by Gasteiger charge is -2.06. The highest BCUT2D eigenvalue weighted by Gasteiger charge is 2.03. The molecule has 0 bridgehead atoms. The molecule has 0 aliphatic heterocycles. The summed E-state index contributed by atoms with van der Waals surface area (Å²) in [5.74, 6) is 0. The first-order valence-electron chi connectivity index (χ1n) is 8.40. The first-order valence-corrected chi connectivity index (χ1v) is 8.40. The number of para-hydroxylation sites is 1. The van der Waals surface area contributed by atoms with Crippen LogP contribution in [0.25, 0.3) is 5.57 Å². The van der Waals surface area contributed by atoms with Crippen molar-refractivity contribution in [3.05, 3.63) is 95.1 Å². The Kier molecular flexibility index (Phi) is 4.90. The van der Waals surface area contributed by atoms with Crippen LogP contribution in [0, 0.1) is 6.92 Å². The molecule has 0 amide bonds. The third-order valence-electron chi connectivity index (χ3n) is 4.34. The van der Waals surface area contributed by atoms with Gasteiger partial charge in [-0.05, 0) is 55.5 Å². The lowest BCUT2D eigenvalue weighted by Crippen LogP contribution is -1.94. The van der Waals surface area contributed by atoms with E-state index in [0.717, 1.165) is 23.4 Å². The molecule has 0 fully saturated rings. The summed E-state index contributed by atoms with van der Waals surface area (Å²) < 4.78 is 0. The summed E-state index contributed by atoms with van der Waals surface area (Å²) in [6.07, 6.45) is 9.89. The molecule has 0 atom stereocenters. The van der Waals surface area contributed by atoms with E-state index in [1.54, 1.807) is 0 Å². The molecule has 3 rings (SSSR count). The van der Waals surface area contributed by atoms with E-state index in [-0.39, 0.29) is 0 Å². The molecule has 1 aliphatic rings. The molecule has 1 nitrogen and oxygen atoms in total. The molecular formula is C23H23N. The predicted molar refractivity (Wildman–Crippen MR) is 105 cm³/mol. The lowest BCUT2D eigenvalue weighted by atomic mass is 10.0. The number of aliphatic imine (C=N–C) groups is 1. The van der Waals surface area contributed by atoms with Crippen molar-refractivity contribution in [1.82, 2.24) is 0 Å². The summed E-state index contributed by atoms with van der Waals surface area (Å²) in [5, 5.41) is 0. The lowest BCUT2D eigenvalue weighted by molar-refractivity contribution is 1.35. The van der Waals surface area contributed by atoms with Crippen LogP contribution in [0.15, 0.2) is 83.4 Å². The third kappa shape index (κ3) is 3.80. The van der Waals surface area contributed by atoms with Gasteiger partial charge in [0.25, 0.3) is 0 Å². The van der Waals surface area contributed by atoms with Gasteiger partial charge < -0.3 is 0 Å². The zero-order chi connectivity index (χ0) is 16.9. The fourth-order valence-corrected chi connectivity index (χ4v) is 2.78. The largest absolute Gasteiger partial charge is 0.253 e. The van der Waals surface area contributed by atoms with Crippen molar-refractivity contribution in [2.45, 2.75) is 27.2 Å². The topological polar surface area (TPSA) is 12.4 Å². The Bertz CT molecular complexity index is 846. The molecule has 2 aromatic rings. The van der Waals surface area contributed by atoms with Crippen LogP contribution in [0.1, 0.15) is 37.0 Å². The first kappa shape index (κ1) is 16.2. The fraction of sp³-hybridized carbons (Fsp3) is 0.174. The Balaban J connectivity index is 1.83. The van der Waals surface area contributed by atoms with Crippen molar-refractivity contribution in [3.8, 4) is 0 Å². The normalized spacial score (nSPS) is 14.9. The molecule has 0 radical (unpaired) electrons. The van der Waals surface area contributed by atoms with Crippen LogP contribution in [0.3, 0.4) is 0 Å². The average molecular weight is 313 g/mol. The summed E-state index contributed by atoms with van der Waals surface area (Å²) in [5.41, 5.74) is 8.29. The molecule has 1 heteroatoms. The molecule has 0 aromatic heterocycles. The van der Waals surface area contributed by atoms with Crippen molar-refractivity contribution < 1.29 is 0 Å². The number of allylic oxidation sites excluding steroid dienone is 6. The minimum atomic E-state index is 0.990. The van der Waals surface area contributed by atoms with Crippen LogP contribution in [0.2, 0.25) is 0 Å². The van der Waals surface area contributed by atoms with Gasteiger partial charge in [-0.1, -0.05) is 72.3 Å².